The molecule has 1 unspecified atom stereocenters. The summed E-state index contributed by atoms with van der Waals surface area (Å²) in [5.74, 6) is 1.05. The topological polar surface area (TPSA) is 65.1 Å². The van der Waals surface area contributed by atoms with Crippen LogP contribution in [0.3, 0.4) is 0 Å². The fourth-order valence-corrected chi connectivity index (χ4v) is 2.67. The number of hydrogen-bond donors (Lipinski definition) is 1. The maximum absolute atomic E-state index is 9.06. The lowest BCUT2D eigenvalue weighted by Crippen LogP contribution is -2.26. The number of aryl methyl sites for hydroxylation is 1. The Hall–Kier alpha value is -1.84. The van der Waals surface area contributed by atoms with Gasteiger partial charge in [-0.05, 0) is 36.5 Å². The van der Waals surface area contributed by atoms with E-state index in [-0.39, 0.29) is 6.04 Å². The summed E-state index contributed by atoms with van der Waals surface area (Å²) < 4.78 is 5.54. The molecule has 0 spiro atoms. The summed E-state index contributed by atoms with van der Waals surface area (Å²) in [6, 6.07) is 4.40. The summed E-state index contributed by atoms with van der Waals surface area (Å²) in [5, 5.41) is 16.5. The molecule has 6 heteroatoms. The molecule has 20 heavy (non-hydrogen) atoms. The first-order valence-electron chi connectivity index (χ1n) is 6.47. The van der Waals surface area contributed by atoms with Crippen molar-refractivity contribution in [2.75, 3.05) is 26.0 Å². The third-order valence-electron chi connectivity index (χ3n) is 3.09. The lowest BCUT2D eigenvalue weighted by Gasteiger charge is -2.23. The molecule has 2 heterocycles. The van der Waals surface area contributed by atoms with Crippen molar-refractivity contribution in [1.82, 2.24) is 9.88 Å². The Morgan fingerprint density at radius 2 is 2.35 bits per heavy atom. The quantitative estimate of drug-likeness (QED) is 0.886. The minimum absolute atomic E-state index is 0.225. The number of oxazole rings is 1. The molecule has 0 aliphatic heterocycles. The zero-order valence-electron chi connectivity index (χ0n) is 11.9. The average molecular weight is 290 g/mol. The zero-order valence-corrected chi connectivity index (χ0v) is 12.7. The van der Waals surface area contributed by atoms with Gasteiger partial charge in [-0.3, -0.25) is 0 Å². The summed E-state index contributed by atoms with van der Waals surface area (Å²) in [7, 11) is 4.07. The summed E-state index contributed by atoms with van der Waals surface area (Å²) in [6.07, 6.45) is 0.679. The van der Waals surface area contributed by atoms with E-state index in [1.165, 1.54) is 5.56 Å². The standard InChI is InChI=1S/C14H18N4OS/c1-4-13-17-11(7-15)14(19-13)16-8-12(18(2)3)10-5-6-20-9-10/h5-6,9,12,16H,4,8H2,1-3H3. The molecule has 2 rings (SSSR count). The van der Waals surface area contributed by atoms with E-state index in [1.807, 2.05) is 21.0 Å². The fraction of sp³-hybridized carbons (Fsp3) is 0.429. The molecule has 0 radical (unpaired) electrons. The van der Waals surface area contributed by atoms with E-state index in [9.17, 15) is 0 Å². The van der Waals surface area contributed by atoms with Crippen LogP contribution in [0.1, 0.15) is 30.1 Å². The molecule has 0 aliphatic carbocycles. The number of likely N-dealkylation sites (N-methyl/N-ethyl adjacent to an activating group) is 1. The molecular formula is C14H18N4OS. The van der Waals surface area contributed by atoms with Crippen LogP contribution in [0.25, 0.3) is 0 Å². The number of nitrogens with one attached hydrogen (secondary N) is 1. The first-order valence-corrected chi connectivity index (χ1v) is 7.42. The summed E-state index contributed by atoms with van der Waals surface area (Å²) in [4.78, 5) is 6.27. The minimum atomic E-state index is 0.225. The Kier molecular flexibility index (Phi) is 4.77. The highest BCUT2D eigenvalue weighted by Crippen LogP contribution is 2.23. The van der Waals surface area contributed by atoms with Crippen molar-refractivity contribution in [3.63, 3.8) is 0 Å². The highest BCUT2D eigenvalue weighted by atomic mass is 32.1. The highest BCUT2D eigenvalue weighted by Gasteiger charge is 2.17. The van der Waals surface area contributed by atoms with Gasteiger partial charge in [-0.25, -0.2) is 4.98 Å². The Morgan fingerprint density at radius 3 is 2.90 bits per heavy atom. The molecule has 2 aromatic rings. The number of anilines is 1. The van der Waals surface area contributed by atoms with Crippen LogP contribution in [-0.2, 0) is 6.42 Å². The highest BCUT2D eigenvalue weighted by molar-refractivity contribution is 7.07. The van der Waals surface area contributed by atoms with Crippen molar-refractivity contribution in [1.29, 1.82) is 5.26 Å². The molecule has 0 amide bonds. The molecule has 0 fully saturated rings. The maximum Gasteiger partial charge on any atom is 0.232 e. The van der Waals surface area contributed by atoms with E-state index in [1.54, 1.807) is 11.3 Å². The van der Waals surface area contributed by atoms with Crippen LogP contribution in [0.5, 0.6) is 0 Å². The van der Waals surface area contributed by atoms with E-state index in [2.05, 4.69) is 38.1 Å². The van der Waals surface area contributed by atoms with Crippen molar-refractivity contribution in [3.8, 4) is 6.07 Å². The molecule has 2 aromatic heterocycles. The fourth-order valence-electron chi connectivity index (χ4n) is 1.96. The third kappa shape index (κ3) is 3.18. The average Bonchev–Trinajstić information content (AvgIpc) is 3.07. The van der Waals surface area contributed by atoms with Crippen LogP contribution in [0, 0.1) is 11.3 Å². The van der Waals surface area contributed by atoms with Gasteiger partial charge in [-0.15, -0.1) is 0 Å². The van der Waals surface area contributed by atoms with E-state index in [0.29, 0.717) is 30.4 Å². The second-order valence-electron chi connectivity index (χ2n) is 4.67. The first-order chi connectivity index (χ1) is 9.65. The Labute approximate surface area is 122 Å². The van der Waals surface area contributed by atoms with Crippen molar-refractivity contribution >= 4 is 17.2 Å². The lowest BCUT2D eigenvalue weighted by atomic mass is 10.1. The predicted octanol–water partition coefficient (Wildman–Crippen LogP) is 2.88. The SMILES string of the molecule is CCc1nc(C#N)c(NCC(c2ccsc2)N(C)C)o1. The largest absolute Gasteiger partial charge is 0.424 e. The van der Waals surface area contributed by atoms with Crippen molar-refractivity contribution in [2.45, 2.75) is 19.4 Å². The molecule has 0 aromatic carbocycles. The molecule has 1 N–H and O–H groups in total. The van der Waals surface area contributed by atoms with Gasteiger partial charge in [0, 0.05) is 13.0 Å². The van der Waals surface area contributed by atoms with Gasteiger partial charge in [0.05, 0.1) is 6.04 Å². The second-order valence-corrected chi connectivity index (χ2v) is 5.45. The molecular weight excluding hydrogens is 272 g/mol. The zero-order chi connectivity index (χ0) is 14.5. The Balaban J connectivity index is 2.10. The van der Waals surface area contributed by atoms with Gasteiger partial charge in [0.2, 0.25) is 11.6 Å². The summed E-state index contributed by atoms with van der Waals surface area (Å²) in [6.45, 7) is 2.61. The van der Waals surface area contributed by atoms with Crippen LogP contribution < -0.4 is 5.32 Å². The van der Waals surface area contributed by atoms with E-state index < -0.39 is 0 Å². The molecule has 0 saturated carbocycles. The predicted molar refractivity (Wildman–Crippen MR) is 79.8 cm³/mol. The van der Waals surface area contributed by atoms with Crippen molar-refractivity contribution < 1.29 is 4.42 Å². The summed E-state index contributed by atoms with van der Waals surface area (Å²) in [5.41, 5.74) is 1.57. The molecule has 0 bridgehead atoms. The smallest absolute Gasteiger partial charge is 0.232 e. The number of thiophene rings is 1. The first kappa shape index (κ1) is 14.6. The number of aromatic nitrogens is 1. The van der Waals surface area contributed by atoms with Gasteiger partial charge in [0.1, 0.15) is 6.07 Å². The third-order valence-corrected chi connectivity index (χ3v) is 3.79. The number of nitrogens with zero attached hydrogens (tertiary/aromatic N) is 3. The molecule has 0 aliphatic rings. The van der Waals surface area contributed by atoms with Crippen LogP contribution in [-0.4, -0.2) is 30.5 Å². The van der Waals surface area contributed by atoms with E-state index in [0.717, 1.165) is 0 Å². The van der Waals surface area contributed by atoms with Crippen LogP contribution in [0.15, 0.2) is 21.2 Å². The number of rotatable bonds is 6. The van der Waals surface area contributed by atoms with Gasteiger partial charge < -0.3 is 14.6 Å². The van der Waals surface area contributed by atoms with Crippen molar-refractivity contribution in [3.05, 3.63) is 34.0 Å². The van der Waals surface area contributed by atoms with Gasteiger partial charge in [-0.1, -0.05) is 6.92 Å². The van der Waals surface area contributed by atoms with Crippen molar-refractivity contribution in [2.24, 2.45) is 0 Å². The lowest BCUT2D eigenvalue weighted by molar-refractivity contribution is 0.311. The molecule has 0 saturated heterocycles. The minimum Gasteiger partial charge on any atom is -0.424 e. The van der Waals surface area contributed by atoms with Gasteiger partial charge in [0.15, 0.2) is 5.89 Å². The number of nitriles is 1. The maximum atomic E-state index is 9.06. The Morgan fingerprint density at radius 1 is 1.55 bits per heavy atom. The number of hydrogen-bond acceptors (Lipinski definition) is 6. The molecule has 106 valence electrons. The van der Waals surface area contributed by atoms with Gasteiger partial charge in [0.25, 0.3) is 0 Å². The Bertz CT molecular complexity index is 583. The van der Waals surface area contributed by atoms with Gasteiger partial charge in [-0.2, -0.15) is 16.6 Å². The van der Waals surface area contributed by atoms with Crippen LogP contribution in [0.4, 0.5) is 5.88 Å². The molecule has 5 nitrogen and oxygen atoms in total. The van der Waals surface area contributed by atoms with Crippen LogP contribution >= 0.6 is 11.3 Å². The van der Waals surface area contributed by atoms with E-state index in [4.69, 9.17) is 9.68 Å². The normalized spacial score (nSPS) is 12.3. The molecule has 1 atom stereocenters. The second kappa shape index (κ2) is 6.55. The monoisotopic (exact) mass is 290 g/mol. The van der Waals surface area contributed by atoms with E-state index >= 15 is 0 Å². The van der Waals surface area contributed by atoms with Gasteiger partial charge >= 0.3 is 0 Å². The summed E-state index contributed by atoms with van der Waals surface area (Å²) >= 11 is 1.68. The van der Waals surface area contributed by atoms with Crippen LogP contribution in [0.2, 0.25) is 0 Å².